The highest BCUT2D eigenvalue weighted by Gasteiger charge is 2.24. The van der Waals surface area contributed by atoms with E-state index in [-0.39, 0.29) is 17.5 Å². The van der Waals surface area contributed by atoms with Crippen LogP contribution in [0.5, 0.6) is 0 Å². The van der Waals surface area contributed by atoms with Gasteiger partial charge < -0.3 is 10.2 Å². The lowest BCUT2D eigenvalue weighted by Crippen LogP contribution is -2.51. The molecule has 1 aromatic heterocycles. The zero-order chi connectivity index (χ0) is 14.1. The van der Waals surface area contributed by atoms with Gasteiger partial charge in [0.1, 0.15) is 11.3 Å². The first-order valence-electron chi connectivity index (χ1n) is 6.58. The molecule has 0 aliphatic carbocycles. The van der Waals surface area contributed by atoms with E-state index in [1.807, 2.05) is 6.92 Å². The number of nitrogens with one attached hydrogen (secondary N) is 1. The van der Waals surface area contributed by atoms with E-state index in [4.69, 9.17) is 0 Å². The number of hydrogen-bond donors (Lipinski definition) is 1. The number of fused-ring (bicyclic) bond motifs is 1. The van der Waals surface area contributed by atoms with Crippen molar-refractivity contribution in [2.75, 3.05) is 19.6 Å². The van der Waals surface area contributed by atoms with Gasteiger partial charge in [-0.15, -0.1) is 0 Å². The van der Waals surface area contributed by atoms with Gasteiger partial charge in [0.25, 0.3) is 5.91 Å². The Morgan fingerprint density at radius 2 is 2.20 bits per heavy atom. The summed E-state index contributed by atoms with van der Waals surface area (Å²) in [6.07, 6.45) is 3.00. The highest BCUT2D eigenvalue weighted by Crippen LogP contribution is 2.19. The van der Waals surface area contributed by atoms with Gasteiger partial charge in [-0.05, 0) is 13.0 Å². The number of benzene rings is 1. The molecule has 2 heterocycles. The molecule has 0 bridgehead atoms. The van der Waals surface area contributed by atoms with Crippen LogP contribution in [0.25, 0.3) is 11.0 Å². The van der Waals surface area contributed by atoms with Crippen LogP contribution < -0.4 is 5.32 Å². The molecule has 5 nitrogen and oxygen atoms in total. The van der Waals surface area contributed by atoms with Crippen LogP contribution in [0.1, 0.15) is 17.3 Å². The van der Waals surface area contributed by atoms with Crippen molar-refractivity contribution in [1.29, 1.82) is 0 Å². The van der Waals surface area contributed by atoms with Gasteiger partial charge in [-0.3, -0.25) is 14.8 Å². The number of carbonyl (C=O) groups excluding carboxylic acids is 1. The van der Waals surface area contributed by atoms with Crippen molar-refractivity contribution in [3.8, 4) is 0 Å². The molecule has 20 heavy (non-hydrogen) atoms. The molecule has 1 saturated heterocycles. The maximum Gasteiger partial charge on any atom is 0.256 e. The molecular weight excluding hydrogens is 259 g/mol. The van der Waals surface area contributed by atoms with Crippen LogP contribution in [0.15, 0.2) is 24.5 Å². The Balaban J connectivity index is 2.02. The van der Waals surface area contributed by atoms with Gasteiger partial charge in [0.05, 0.1) is 11.1 Å². The molecule has 1 aromatic carbocycles. The lowest BCUT2D eigenvalue weighted by molar-refractivity contribution is 0.0710. The number of carbonyl (C=O) groups is 1. The van der Waals surface area contributed by atoms with Gasteiger partial charge in [-0.2, -0.15) is 0 Å². The molecule has 6 heteroatoms. The average Bonchev–Trinajstić information content (AvgIpc) is 2.45. The third-order valence-electron chi connectivity index (χ3n) is 3.42. The summed E-state index contributed by atoms with van der Waals surface area (Å²) in [4.78, 5) is 22.5. The van der Waals surface area contributed by atoms with Crippen LogP contribution in [-0.2, 0) is 0 Å². The van der Waals surface area contributed by atoms with E-state index < -0.39 is 5.82 Å². The molecule has 0 saturated carbocycles. The fraction of sp³-hybridized carbons (Fsp3) is 0.357. The number of piperazine rings is 1. The second-order valence-corrected chi connectivity index (χ2v) is 4.98. The summed E-state index contributed by atoms with van der Waals surface area (Å²) < 4.78 is 13.7. The van der Waals surface area contributed by atoms with Gasteiger partial charge in [0.2, 0.25) is 0 Å². The van der Waals surface area contributed by atoms with Gasteiger partial charge in [0.15, 0.2) is 0 Å². The van der Waals surface area contributed by atoms with Gasteiger partial charge in [0, 0.05) is 44.1 Å². The SMILES string of the molecule is CC1CN(C(=O)c2cc(F)cc3nccnc23)CCN1. The van der Waals surface area contributed by atoms with E-state index in [0.29, 0.717) is 24.1 Å². The standard InChI is InChI=1S/C14H15FN4O/c1-9-8-19(5-4-16-9)14(20)11-6-10(15)7-12-13(11)18-3-2-17-12/h2-3,6-7,9,16H,4-5,8H2,1H3. The quantitative estimate of drug-likeness (QED) is 0.849. The third kappa shape index (κ3) is 2.34. The second kappa shape index (κ2) is 5.13. The van der Waals surface area contributed by atoms with E-state index in [1.165, 1.54) is 24.5 Å². The summed E-state index contributed by atoms with van der Waals surface area (Å²) in [5.41, 5.74) is 1.13. The highest BCUT2D eigenvalue weighted by molar-refractivity contribution is 6.04. The van der Waals surface area contributed by atoms with Crippen molar-refractivity contribution in [2.45, 2.75) is 13.0 Å². The lowest BCUT2D eigenvalue weighted by atomic mass is 10.1. The fourth-order valence-corrected chi connectivity index (χ4v) is 2.49. The molecule has 1 amide bonds. The van der Waals surface area contributed by atoms with Crippen molar-refractivity contribution < 1.29 is 9.18 Å². The minimum atomic E-state index is -0.468. The zero-order valence-electron chi connectivity index (χ0n) is 11.1. The Morgan fingerprint density at radius 1 is 1.40 bits per heavy atom. The summed E-state index contributed by atoms with van der Waals surface area (Å²) in [6, 6.07) is 2.77. The number of rotatable bonds is 1. The lowest BCUT2D eigenvalue weighted by Gasteiger charge is -2.32. The molecule has 2 aromatic rings. The number of amides is 1. The van der Waals surface area contributed by atoms with E-state index in [9.17, 15) is 9.18 Å². The van der Waals surface area contributed by atoms with Crippen molar-refractivity contribution in [1.82, 2.24) is 20.2 Å². The second-order valence-electron chi connectivity index (χ2n) is 4.98. The minimum Gasteiger partial charge on any atom is -0.336 e. The molecular formula is C14H15FN4O. The van der Waals surface area contributed by atoms with Crippen LogP contribution in [0, 0.1) is 5.82 Å². The Labute approximate surface area is 115 Å². The van der Waals surface area contributed by atoms with Gasteiger partial charge in [-0.25, -0.2) is 4.39 Å². The summed E-state index contributed by atoms with van der Waals surface area (Å²) in [7, 11) is 0. The van der Waals surface area contributed by atoms with E-state index in [1.54, 1.807) is 4.90 Å². The monoisotopic (exact) mass is 274 g/mol. The number of hydrogen-bond acceptors (Lipinski definition) is 4. The molecule has 1 atom stereocenters. The molecule has 1 aliphatic rings. The smallest absolute Gasteiger partial charge is 0.256 e. The molecule has 0 radical (unpaired) electrons. The van der Waals surface area contributed by atoms with Crippen molar-refractivity contribution in [2.24, 2.45) is 0 Å². The van der Waals surface area contributed by atoms with E-state index in [2.05, 4.69) is 15.3 Å². The molecule has 3 rings (SSSR count). The average molecular weight is 274 g/mol. The van der Waals surface area contributed by atoms with Crippen LogP contribution in [-0.4, -0.2) is 46.5 Å². The van der Waals surface area contributed by atoms with Crippen LogP contribution >= 0.6 is 0 Å². The molecule has 1 unspecified atom stereocenters. The summed E-state index contributed by atoms with van der Waals surface area (Å²) in [5, 5.41) is 3.27. The predicted molar refractivity (Wildman–Crippen MR) is 72.9 cm³/mol. The predicted octanol–water partition coefficient (Wildman–Crippen LogP) is 1.20. The van der Waals surface area contributed by atoms with Crippen LogP contribution in [0.2, 0.25) is 0 Å². The van der Waals surface area contributed by atoms with Crippen LogP contribution in [0.3, 0.4) is 0 Å². The van der Waals surface area contributed by atoms with Gasteiger partial charge >= 0.3 is 0 Å². The molecule has 1 aliphatic heterocycles. The normalized spacial score (nSPS) is 19.3. The fourth-order valence-electron chi connectivity index (χ4n) is 2.49. The van der Waals surface area contributed by atoms with E-state index in [0.717, 1.165) is 6.54 Å². The molecule has 1 fully saturated rings. The molecule has 1 N–H and O–H groups in total. The van der Waals surface area contributed by atoms with Crippen molar-refractivity contribution >= 4 is 16.9 Å². The van der Waals surface area contributed by atoms with Gasteiger partial charge in [-0.1, -0.05) is 0 Å². The number of aromatic nitrogens is 2. The first-order valence-corrected chi connectivity index (χ1v) is 6.58. The molecule has 104 valence electrons. The zero-order valence-corrected chi connectivity index (χ0v) is 11.1. The summed E-state index contributed by atoms with van der Waals surface area (Å²) in [6.45, 7) is 3.98. The number of nitrogens with zero attached hydrogens (tertiary/aromatic N) is 3. The Hall–Kier alpha value is -2.08. The number of halogens is 1. The first-order chi connectivity index (χ1) is 9.65. The first kappa shape index (κ1) is 12.9. The third-order valence-corrected chi connectivity index (χ3v) is 3.42. The Bertz CT molecular complexity index is 661. The van der Waals surface area contributed by atoms with Crippen molar-refractivity contribution in [3.05, 3.63) is 35.9 Å². The largest absolute Gasteiger partial charge is 0.336 e. The summed E-state index contributed by atoms with van der Waals surface area (Å²) in [5.74, 6) is -0.659. The van der Waals surface area contributed by atoms with E-state index >= 15 is 0 Å². The Morgan fingerprint density at radius 3 is 3.00 bits per heavy atom. The van der Waals surface area contributed by atoms with Crippen LogP contribution in [0.4, 0.5) is 4.39 Å². The Kier molecular flexibility index (Phi) is 3.31. The maximum atomic E-state index is 13.7. The maximum absolute atomic E-state index is 13.7. The van der Waals surface area contributed by atoms with Crippen molar-refractivity contribution in [3.63, 3.8) is 0 Å². The highest BCUT2D eigenvalue weighted by atomic mass is 19.1. The molecule has 0 spiro atoms. The topological polar surface area (TPSA) is 58.1 Å². The minimum absolute atomic E-state index is 0.191. The summed E-state index contributed by atoms with van der Waals surface area (Å²) >= 11 is 0.